The molecule has 0 saturated heterocycles. The maximum Gasteiger partial charge on any atom is 0.280 e. The highest BCUT2D eigenvalue weighted by molar-refractivity contribution is 7.92. The fourth-order valence-corrected chi connectivity index (χ4v) is 4.17. The third-order valence-electron chi connectivity index (χ3n) is 2.48. The number of nitrogens with zero attached hydrogens (tertiary/aromatic N) is 4. The summed E-state index contributed by atoms with van der Waals surface area (Å²) >= 11 is 1.09. The molecule has 0 N–H and O–H groups in total. The van der Waals surface area contributed by atoms with Gasteiger partial charge in [0.1, 0.15) is 15.8 Å². The Kier molecular flexibility index (Phi) is 2.58. The molecule has 0 radical (unpaired) electrons. The minimum atomic E-state index is -3.81. The van der Waals surface area contributed by atoms with Crippen LogP contribution < -0.4 is 0 Å². The van der Waals surface area contributed by atoms with E-state index in [1.165, 1.54) is 12.3 Å². The number of aromatic nitrogens is 3. The Balaban J connectivity index is 2.41. The number of hydrogen-bond acceptors (Lipinski definition) is 6. The molecular formula is C11H6N4O2S2. The van der Waals surface area contributed by atoms with E-state index in [-0.39, 0.29) is 15.7 Å². The molecule has 0 aliphatic rings. The number of imidazole rings is 1. The highest BCUT2D eigenvalue weighted by atomic mass is 32.2. The normalized spacial score (nSPS) is 11.5. The Morgan fingerprint density at radius 1 is 1.32 bits per heavy atom. The van der Waals surface area contributed by atoms with Crippen LogP contribution in [0.4, 0.5) is 0 Å². The average molecular weight is 290 g/mol. The van der Waals surface area contributed by atoms with Gasteiger partial charge in [-0.3, -0.25) is 0 Å². The lowest BCUT2D eigenvalue weighted by Gasteiger charge is -2.04. The molecule has 3 aromatic heterocycles. The fraction of sp³-hybridized carbons (Fsp3) is 0. The van der Waals surface area contributed by atoms with Crippen LogP contribution in [0, 0.1) is 11.3 Å². The lowest BCUT2D eigenvalue weighted by molar-refractivity contribution is 0.590. The largest absolute Gasteiger partial charge is 0.280 e. The van der Waals surface area contributed by atoms with E-state index < -0.39 is 10.0 Å². The molecule has 3 heterocycles. The van der Waals surface area contributed by atoms with E-state index in [1.54, 1.807) is 29.6 Å². The first-order valence-corrected chi connectivity index (χ1v) is 7.49. The molecule has 0 amide bonds. The van der Waals surface area contributed by atoms with Gasteiger partial charge in [-0.05, 0) is 23.6 Å². The Bertz CT molecular complexity index is 889. The predicted molar refractivity (Wildman–Crippen MR) is 69.1 cm³/mol. The molecule has 0 aliphatic carbocycles. The molecule has 3 aromatic rings. The average Bonchev–Trinajstić information content (AvgIpc) is 3.05. The quantitative estimate of drug-likeness (QED) is 0.715. The lowest BCUT2D eigenvalue weighted by Crippen LogP contribution is -2.13. The minimum absolute atomic E-state index is 0.159. The topological polar surface area (TPSA) is 88.6 Å². The van der Waals surface area contributed by atoms with E-state index >= 15 is 0 Å². The van der Waals surface area contributed by atoms with Crippen LogP contribution in [-0.4, -0.2) is 22.4 Å². The molecule has 0 fully saturated rings. The molecule has 0 aromatic carbocycles. The van der Waals surface area contributed by atoms with Crippen molar-refractivity contribution < 1.29 is 8.42 Å². The molecule has 0 bridgehead atoms. The van der Waals surface area contributed by atoms with Gasteiger partial charge in [-0.1, -0.05) is 6.07 Å². The molecule has 0 saturated carbocycles. The number of pyridine rings is 1. The van der Waals surface area contributed by atoms with Crippen LogP contribution in [0.1, 0.15) is 5.82 Å². The zero-order valence-electron chi connectivity index (χ0n) is 9.39. The zero-order chi connectivity index (χ0) is 13.5. The van der Waals surface area contributed by atoms with Crippen molar-refractivity contribution in [1.82, 2.24) is 13.9 Å². The van der Waals surface area contributed by atoms with Gasteiger partial charge in [-0.15, -0.1) is 11.3 Å². The monoisotopic (exact) mass is 290 g/mol. The lowest BCUT2D eigenvalue weighted by atomic mass is 10.4. The summed E-state index contributed by atoms with van der Waals surface area (Å²) in [5.41, 5.74) is 0.534. The molecule has 0 atom stereocenters. The summed E-state index contributed by atoms with van der Waals surface area (Å²) in [5, 5.41) is 10.7. The summed E-state index contributed by atoms with van der Waals surface area (Å²) in [6, 6.07) is 8.09. The van der Waals surface area contributed by atoms with Gasteiger partial charge in [0.25, 0.3) is 10.0 Å². The maximum absolute atomic E-state index is 12.5. The minimum Gasteiger partial charge on any atom is -0.235 e. The van der Waals surface area contributed by atoms with E-state index in [4.69, 9.17) is 5.26 Å². The predicted octanol–water partition coefficient (Wildman–Crippen LogP) is 1.60. The van der Waals surface area contributed by atoms with E-state index in [2.05, 4.69) is 9.97 Å². The van der Waals surface area contributed by atoms with Crippen molar-refractivity contribution in [2.45, 2.75) is 4.21 Å². The first-order valence-electron chi connectivity index (χ1n) is 5.17. The van der Waals surface area contributed by atoms with Crippen molar-refractivity contribution in [3.8, 4) is 6.07 Å². The second-order valence-corrected chi connectivity index (χ2v) is 6.56. The SMILES string of the molecule is N#Cc1nc2ncccc2n1S(=O)(=O)c1cccs1. The Morgan fingerprint density at radius 3 is 2.84 bits per heavy atom. The molecule has 19 heavy (non-hydrogen) atoms. The first kappa shape index (κ1) is 11.8. The molecule has 3 rings (SSSR count). The summed E-state index contributed by atoms with van der Waals surface area (Å²) in [4.78, 5) is 7.88. The summed E-state index contributed by atoms with van der Waals surface area (Å²) in [7, 11) is -3.81. The zero-order valence-corrected chi connectivity index (χ0v) is 11.0. The van der Waals surface area contributed by atoms with Gasteiger partial charge in [0.15, 0.2) is 5.65 Å². The summed E-state index contributed by atoms with van der Waals surface area (Å²) < 4.78 is 26.1. The standard InChI is InChI=1S/C11H6N4O2S2/c12-7-9-14-11-8(3-1-5-13-11)15(9)19(16,17)10-4-2-6-18-10/h1-6H. The number of fused-ring (bicyclic) bond motifs is 1. The number of thiophene rings is 1. The number of rotatable bonds is 2. The Morgan fingerprint density at radius 2 is 2.16 bits per heavy atom. The summed E-state index contributed by atoms with van der Waals surface area (Å²) in [6.45, 7) is 0. The van der Waals surface area contributed by atoms with Crippen LogP contribution >= 0.6 is 11.3 Å². The van der Waals surface area contributed by atoms with Crippen LogP contribution in [0.5, 0.6) is 0 Å². The number of hydrogen-bond donors (Lipinski definition) is 0. The maximum atomic E-state index is 12.5. The fourth-order valence-electron chi connectivity index (χ4n) is 1.71. The first-order chi connectivity index (χ1) is 9.14. The van der Waals surface area contributed by atoms with E-state index in [1.807, 2.05) is 0 Å². The van der Waals surface area contributed by atoms with Crippen molar-refractivity contribution in [3.05, 3.63) is 41.7 Å². The second kappa shape index (κ2) is 4.15. The van der Waals surface area contributed by atoms with Crippen molar-refractivity contribution in [2.24, 2.45) is 0 Å². The van der Waals surface area contributed by atoms with Crippen LogP contribution in [-0.2, 0) is 10.0 Å². The van der Waals surface area contributed by atoms with Gasteiger partial charge < -0.3 is 0 Å². The smallest absolute Gasteiger partial charge is 0.235 e. The van der Waals surface area contributed by atoms with Gasteiger partial charge in [0.2, 0.25) is 5.82 Å². The van der Waals surface area contributed by atoms with E-state index in [0.29, 0.717) is 5.52 Å². The third-order valence-corrected chi connectivity index (χ3v) is 5.56. The Hall–Kier alpha value is -2.24. The molecule has 6 nitrogen and oxygen atoms in total. The Labute approximate surface area is 112 Å². The van der Waals surface area contributed by atoms with Crippen molar-refractivity contribution >= 4 is 32.5 Å². The summed E-state index contributed by atoms with van der Waals surface area (Å²) in [5.74, 6) is -0.192. The number of nitriles is 1. The van der Waals surface area contributed by atoms with Gasteiger partial charge >= 0.3 is 0 Å². The van der Waals surface area contributed by atoms with Crippen LogP contribution in [0.2, 0.25) is 0 Å². The van der Waals surface area contributed by atoms with Gasteiger partial charge in [0, 0.05) is 6.20 Å². The van der Waals surface area contributed by atoms with E-state index in [9.17, 15) is 8.42 Å². The van der Waals surface area contributed by atoms with E-state index in [0.717, 1.165) is 15.3 Å². The van der Waals surface area contributed by atoms with Crippen molar-refractivity contribution in [2.75, 3.05) is 0 Å². The van der Waals surface area contributed by atoms with Gasteiger partial charge in [-0.25, -0.2) is 8.96 Å². The van der Waals surface area contributed by atoms with Crippen LogP contribution in [0.3, 0.4) is 0 Å². The molecule has 0 unspecified atom stereocenters. The molecule has 8 heteroatoms. The molecular weight excluding hydrogens is 284 g/mol. The van der Waals surface area contributed by atoms with Crippen molar-refractivity contribution in [3.63, 3.8) is 0 Å². The third kappa shape index (κ3) is 1.71. The summed E-state index contributed by atoms with van der Waals surface area (Å²) in [6.07, 6.45) is 1.50. The van der Waals surface area contributed by atoms with Gasteiger partial charge in [0.05, 0.1) is 0 Å². The van der Waals surface area contributed by atoms with Gasteiger partial charge in [-0.2, -0.15) is 18.7 Å². The van der Waals surface area contributed by atoms with Crippen LogP contribution in [0.15, 0.2) is 40.1 Å². The highest BCUT2D eigenvalue weighted by Crippen LogP contribution is 2.24. The second-order valence-electron chi connectivity index (χ2n) is 3.59. The van der Waals surface area contributed by atoms with Crippen molar-refractivity contribution in [1.29, 1.82) is 5.26 Å². The highest BCUT2D eigenvalue weighted by Gasteiger charge is 2.25. The molecule has 0 spiro atoms. The molecule has 0 aliphatic heterocycles. The van der Waals surface area contributed by atoms with Crippen LogP contribution in [0.25, 0.3) is 11.2 Å². The molecule has 94 valence electrons.